The molecule has 0 aliphatic carbocycles. The van der Waals surface area contributed by atoms with Crippen LogP contribution in [0.1, 0.15) is 41.6 Å². The minimum Gasteiger partial charge on any atom is -0.493 e. The number of likely N-dealkylation sites (N-methyl/N-ethyl adjacent to an activating group) is 1. The molecule has 8 atom stereocenters. The van der Waals surface area contributed by atoms with E-state index in [1.54, 1.807) is 19.2 Å². The highest BCUT2D eigenvalue weighted by molar-refractivity contribution is 5.90. The number of fused-ring (bicyclic) bond motifs is 8. The third-order valence-electron chi connectivity index (χ3n) is 8.22. The van der Waals surface area contributed by atoms with Gasteiger partial charge in [0.1, 0.15) is 47.9 Å². The average Bonchev–Trinajstić information content (AvgIpc) is 3.38. The van der Waals surface area contributed by atoms with Crippen molar-refractivity contribution >= 4 is 11.9 Å². The van der Waals surface area contributed by atoms with Gasteiger partial charge in [-0.15, -0.1) is 0 Å². The lowest BCUT2D eigenvalue weighted by Crippen LogP contribution is -2.71. The molecule has 0 saturated carbocycles. The Balaban J connectivity index is 1.35. The van der Waals surface area contributed by atoms with Gasteiger partial charge in [-0.25, -0.2) is 0 Å². The van der Waals surface area contributed by atoms with Crippen molar-refractivity contribution in [3.8, 4) is 40.6 Å². The molecule has 0 radical (unpaired) electrons. The van der Waals surface area contributed by atoms with E-state index in [9.17, 15) is 24.9 Å². The van der Waals surface area contributed by atoms with Gasteiger partial charge in [0.2, 0.25) is 12.0 Å². The van der Waals surface area contributed by atoms with Crippen LogP contribution in [0.2, 0.25) is 0 Å². The molecule has 14 heteroatoms. The summed E-state index contributed by atoms with van der Waals surface area (Å²) in [6.07, 6.45) is -9.89. The van der Waals surface area contributed by atoms with Crippen LogP contribution in [0, 0.1) is 11.8 Å². The summed E-state index contributed by atoms with van der Waals surface area (Å²) in [5.41, 5.74) is -0.279. The van der Waals surface area contributed by atoms with Crippen LogP contribution in [0.25, 0.3) is 0 Å². The Morgan fingerprint density at radius 1 is 1.14 bits per heavy atom. The molecule has 5 N–H and O–H groups in total. The van der Waals surface area contributed by atoms with E-state index in [2.05, 4.69) is 17.2 Å². The number of carboxylic acid groups (broad SMARTS) is 1. The number of carboxylic acids is 1. The van der Waals surface area contributed by atoms with E-state index in [1.165, 1.54) is 14.2 Å². The van der Waals surface area contributed by atoms with Gasteiger partial charge in [-0.1, -0.05) is 17.9 Å². The zero-order valence-electron chi connectivity index (χ0n) is 23.9. The van der Waals surface area contributed by atoms with E-state index in [0.29, 0.717) is 34.1 Å². The van der Waals surface area contributed by atoms with E-state index in [0.717, 1.165) is 5.56 Å². The SMILES string of the molecule is CN[C@H](OC(=O)CC(=O)O)[C@@H]1O[C@@H]2Oc3cc4c(cc3C#CC[C@@]1(O)[C@H](O)[C@H]2O)[C@@H]1Oc2c(ccc(OC)c2OC)[C@H]1CO4. The third kappa shape index (κ3) is 4.83. The first-order valence-electron chi connectivity index (χ1n) is 13.8. The Morgan fingerprint density at radius 3 is 2.64 bits per heavy atom. The molecule has 14 nitrogen and oxygen atoms in total. The molecular weight excluding hydrogens is 582 g/mol. The maximum absolute atomic E-state index is 12.1. The van der Waals surface area contributed by atoms with Crippen molar-refractivity contribution in [2.24, 2.45) is 0 Å². The van der Waals surface area contributed by atoms with Crippen LogP contribution in [-0.4, -0.2) is 96.7 Å². The van der Waals surface area contributed by atoms with Gasteiger partial charge in [0.05, 0.1) is 32.3 Å². The number of carbonyl (C=O) groups is 2. The van der Waals surface area contributed by atoms with Crippen LogP contribution >= 0.6 is 0 Å². The standard InChI is InChI=1S/C30H31NO13/c1-31-28(42-21(34)11-20(32)33)27-30(37)8-4-5-13-9-15-19(10-18(13)41-29(44-27)22(35)26(30)36)40-12-16-14-6-7-17(38-2)25(39-3)24(14)43-23(15)16/h6-7,9-10,16,22-23,26-29,31,35-37H,8,11-12H2,1-3H3,(H,32,33)/t16-,22-,23+,26-,27+,28-,29+,30-/m1/s1. The lowest BCUT2D eigenvalue weighted by Gasteiger charge is -2.49. The highest BCUT2D eigenvalue weighted by Gasteiger charge is 2.59. The molecule has 1 saturated heterocycles. The van der Waals surface area contributed by atoms with E-state index in [-0.39, 0.29) is 18.3 Å². The number of ether oxygens (including phenoxy) is 7. The molecule has 2 aromatic carbocycles. The maximum atomic E-state index is 12.1. The second kappa shape index (κ2) is 11.3. The number of methoxy groups -OCH3 is 2. The van der Waals surface area contributed by atoms with Crippen LogP contribution < -0.4 is 29.0 Å². The smallest absolute Gasteiger partial charge is 0.318 e. The minimum atomic E-state index is -2.25. The molecule has 44 heavy (non-hydrogen) atoms. The molecule has 0 amide bonds. The molecule has 2 bridgehead atoms. The average molecular weight is 614 g/mol. The number of carbonyl (C=O) groups excluding carboxylic acids is 1. The first kappa shape index (κ1) is 29.8. The van der Waals surface area contributed by atoms with Crippen molar-refractivity contribution in [1.82, 2.24) is 5.32 Å². The van der Waals surface area contributed by atoms with Gasteiger partial charge in [-0.2, -0.15) is 0 Å². The molecule has 1 fully saturated rings. The Bertz CT molecular complexity index is 1550. The molecule has 2 aromatic rings. The Morgan fingerprint density at radius 2 is 1.93 bits per heavy atom. The van der Waals surface area contributed by atoms with Crippen molar-refractivity contribution in [2.75, 3.05) is 27.9 Å². The molecule has 0 aromatic heterocycles. The Hall–Kier alpha value is -4.26. The minimum absolute atomic E-state index is 0.149. The molecule has 5 heterocycles. The summed E-state index contributed by atoms with van der Waals surface area (Å²) in [5.74, 6) is 5.28. The van der Waals surface area contributed by atoms with E-state index in [4.69, 9.17) is 38.3 Å². The topological polar surface area (TPSA) is 192 Å². The summed E-state index contributed by atoms with van der Waals surface area (Å²) >= 11 is 0. The quantitative estimate of drug-likeness (QED) is 0.123. The number of nitrogens with one attached hydrogen (secondary N) is 1. The number of aliphatic hydroxyl groups is 3. The first-order chi connectivity index (χ1) is 21.1. The number of hydrogen-bond donors (Lipinski definition) is 5. The zero-order valence-corrected chi connectivity index (χ0v) is 23.9. The summed E-state index contributed by atoms with van der Waals surface area (Å²) < 4.78 is 40.6. The highest BCUT2D eigenvalue weighted by atomic mass is 16.7. The van der Waals surface area contributed by atoms with E-state index >= 15 is 0 Å². The van der Waals surface area contributed by atoms with Crippen molar-refractivity contribution in [1.29, 1.82) is 0 Å². The molecule has 0 spiro atoms. The second-order valence-electron chi connectivity index (χ2n) is 10.8. The van der Waals surface area contributed by atoms with Crippen LogP contribution in [0.3, 0.4) is 0 Å². The fourth-order valence-electron chi connectivity index (χ4n) is 6.03. The van der Waals surface area contributed by atoms with Gasteiger partial charge in [0.15, 0.2) is 17.7 Å². The van der Waals surface area contributed by atoms with Crippen LogP contribution in [0.15, 0.2) is 24.3 Å². The number of hydrogen-bond acceptors (Lipinski definition) is 13. The molecule has 5 aliphatic rings. The van der Waals surface area contributed by atoms with Crippen molar-refractivity contribution in [2.45, 2.75) is 61.3 Å². The molecule has 234 valence electrons. The fraction of sp³-hybridized carbons (Fsp3) is 0.467. The van der Waals surface area contributed by atoms with Gasteiger partial charge in [0, 0.05) is 23.6 Å². The Kier molecular flexibility index (Phi) is 7.68. The summed E-state index contributed by atoms with van der Waals surface area (Å²) in [5, 5.41) is 45.1. The Labute approximate surface area is 251 Å². The van der Waals surface area contributed by atoms with Crippen LogP contribution in [-0.2, 0) is 19.1 Å². The predicted molar refractivity (Wildman–Crippen MR) is 147 cm³/mol. The summed E-state index contributed by atoms with van der Waals surface area (Å²) in [6.45, 7) is 0.284. The van der Waals surface area contributed by atoms with Gasteiger partial charge < -0.3 is 53.6 Å². The lowest BCUT2D eigenvalue weighted by molar-refractivity contribution is -0.325. The molecular formula is C30H31NO13. The van der Waals surface area contributed by atoms with Crippen molar-refractivity contribution in [3.63, 3.8) is 0 Å². The highest BCUT2D eigenvalue weighted by Crippen LogP contribution is 2.56. The molecule has 5 aliphatic heterocycles. The third-order valence-corrected chi connectivity index (χ3v) is 8.22. The van der Waals surface area contributed by atoms with Crippen molar-refractivity contribution < 1.29 is 63.2 Å². The van der Waals surface area contributed by atoms with E-state index in [1.807, 2.05) is 12.1 Å². The summed E-state index contributed by atoms with van der Waals surface area (Å²) in [7, 11) is 4.46. The number of esters is 1. The number of aliphatic hydroxyl groups excluding tert-OH is 2. The lowest BCUT2D eigenvalue weighted by atomic mass is 9.80. The fourth-order valence-corrected chi connectivity index (χ4v) is 6.03. The first-order valence-corrected chi connectivity index (χ1v) is 13.8. The largest absolute Gasteiger partial charge is 0.493 e. The summed E-state index contributed by atoms with van der Waals surface area (Å²) in [6, 6.07) is 7.05. The summed E-state index contributed by atoms with van der Waals surface area (Å²) in [4.78, 5) is 23.1. The van der Waals surface area contributed by atoms with Crippen LogP contribution in [0.4, 0.5) is 0 Å². The van der Waals surface area contributed by atoms with Gasteiger partial charge >= 0.3 is 11.9 Å². The van der Waals surface area contributed by atoms with Crippen LogP contribution in [0.5, 0.6) is 28.7 Å². The number of aliphatic carboxylic acids is 1. The predicted octanol–water partition coefficient (Wildman–Crippen LogP) is 0.189. The maximum Gasteiger partial charge on any atom is 0.318 e. The molecule has 7 rings (SSSR count). The second-order valence-corrected chi connectivity index (χ2v) is 10.8. The van der Waals surface area contributed by atoms with Crippen molar-refractivity contribution in [3.05, 3.63) is 41.0 Å². The number of rotatable bonds is 7. The van der Waals surface area contributed by atoms with E-state index < -0.39 is 67.3 Å². The number of benzene rings is 2. The molecule has 0 unspecified atom stereocenters. The monoisotopic (exact) mass is 613 g/mol. The normalized spacial score (nSPS) is 29.9. The van der Waals surface area contributed by atoms with Gasteiger partial charge in [-0.05, 0) is 19.2 Å². The van der Waals surface area contributed by atoms with Gasteiger partial charge in [0.25, 0.3) is 0 Å². The van der Waals surface area contributed by atoms with Gasteiger partial charge in [-0.3, -0.25) is 14.9 Å². The zero-order chi connectivity index (χ0) is 31.3.